The summed E-state index contributed by atoms with van der Waals surface area (Å²) in [4.78, 5) is 12.7. The van der Waals surface area contributed by atoms with Crippen LogP contribution in [0, 0.1) is 5.82 Å². The molecule has 1 N–H and O–H groups in total. The number of hydrogen-bond donors (Lipinski definition) is 1. The van der Waals surface area contributed by atoms with E-state index in [1.165, 1.54) is 23.1 Å². The van der Waals surface area contributed by atoms with E-state index in [0.29, 0.717) is 17.1 Å². The van der Waals surface area contributed by atoms with E-state index in [4.69, 9.17) is 11.6 Å². The van der Waals surface area contributed by atoms with Crippen LogP contribution in [0.4, 0.5) is 4.39 Å². The average Bonchev–Trinajstić information content (AvgIpc) is 2.22. The number of benzene rings is 1. The minimum Gasteiger partial charge on any atom is -0.348 e. The van der Waals surface area contributed by atoms with Gasteiger partial charge in [-0.1, -0.05) is 11.6 Å². The minimum absolute atomic E-state index is 0.0347. The number of nitrogens with zero attached hydrogens (tertiary/aromatic N) is 1. The minimum atomic E-state index is -0.333. The molecule has 0 aliphatic carbocycles. The number of amides is 1. The van der Waals surface area contributed by atoms with Crippen LogP contribution >= 0.6 is 11.6 Å². The van der Waals surface area contributed by atoms with Gasteiger partial charge in [-0.05, 0) is 23.8 Å². The maximum absolute atomic E-state index is 12.9. The predicted molar refractivity (Wildman–Crippen MR) is 61.8 cm³/mol. The molecule has 3 nitrogen and oxygen atoms in total. The van der Waals surface area contributed by atoms with E-state index in [1.807, 2.05) is 0 Å². The van der Waals surface area contributed by atoms with E-state index in [-0.39, 0.29) is 18.3 Å². The number of carbonyl (C=O) groups is 1. The first-order valence-corrected chi connectivity index (χ1v) is 5.23. The van der Waals surface area contributed by atoms with E-state index in [9.17, 15) is 9.18 Å². The number of likely N-dealkylation sites (N-methyl/N-ethyl adjacent to an activating group) is 1. The monoisotopic (exact) mass is 244 g/mol. The molecule has 0 fully saturated rings. The molecule has 0 aliphatic heterocycles. The molecular formula is C11H14ClFN2O. The molecule has 1 rings (SSSR count). The Morgan fingerprint density at radius 2 is 2.19 bits per heavy atom. The molecule has 0 aliphatic rings. The summed E-state index contributed by atoms with van der Waals surface area (Å²) in [5.41, 5.74) is 0.647. The quantitative estimate of drug-likeness (QED) is 0.874. The van der Waals surface area contributed by atoms with Crippen LogP contribution in [0.25, 0.3) is 0 Å². The highest BCUT2D eigenvalue weighted by Gasteiger charge is 2.05. The molecule has 5 heteroatoms. The zero-order chi connectivity index (χ0) is 12.1. The number of carbonyl (C=O) groups excluding carboxylic acids is 1. The zero-order valence-corrected chi connectivity index (χ0v) is 10.0. The zero-order valence-electron chi connectivity index (χ0n) is 9.26. The summed E-state index contributed by atoms with van der Waals surface area (Å²) in [6.07, 6.45) is 0. The fourth-order valence-corrected chi connectivity index (χ4v) is 1.33. The Balaban J connectivity index is 2.49. The van der Waals surface area contributed by atoms with Gasteiger partial charge in [0.25, 0.3) is 0 Å². The highest BCUT2D eigenvalue weighted by atomic mass is 35.5. The molecule has 1 aromatic rings. The molecule has 16 heavy (non-hydrogen) atoms. The standard InChI is InChI=1S/C11H14ClFN2O/c1-15(2)11(16)7-14-6-8-5-9(13)3-4-10(8)12/h3-5,14H,6-7H2,1-2H3. The molecule has 1 aromatic carbocycles. The van der Waals surface area contributed by atoms with Crippen molar-refractivity contribution in [2.24, 2.45) is 0 Å². The van der Waals surface area contributed by atoms with Crippen LogP contribution in [-0.4, -0.2) is 31.4 Å². The van der Waals surface area contributed by atoms with Crippen molar-refractivity contribution < 1.29 is 9.18 Å². The summed E-state index contributed by atoms with van der Waals surface area (Å²) in [6, 6.07) is 4.16. The number of nitrogens with one attached hydrogen (secondary N) is 1. The van der Waals surface area contributed by atoms with E-state index >= 15 is 0 Å². The van der Waals surface area contributed by atoms with Crippen LogP contribution in [0.15, 0.2) is 18.2 Å². The molecule has 0 saturated heterocycles. The highest BCUT2D eigenvalue weighted by Crippen LogP contribution is 2.16. The fourth-order valence-electron chi connectivity index (χ4n) is 1.14. The highest BCUT2D eigenvalue weighted by molar-refractivity contribution is 6.31. The van der Waals surface area contributed by atoms with Gasteiger partial charge in [-0.3, -0.25) is 4.79 Å². The third-order valence-electron chi connectivity index (χ3n) is 2.10. The first kappa shape index (κ1) is 12.9. The van der Waals surface area contributed by atoms with Gasteiger partial charge in [0.15, 0.2) is 0 Å². The summed E-state index contributed by atoms with van der Waals surface area (Å²) in [6.45, 7) is 0.579. The van der Waals surface area contributed by atoms with Crippen molar-refractivity contribution in [1.29, 1.82) is 0 Å². The third kappa shape index (κ3) is 3.79. The molecular weight excluding hydrogens is 231 g/mol. The second-order valence-electron chi connectivity index (χ2n) is 3.63. The van der Waals surface area contributed by atoms with Gasteiger partial charge in [0.2, 0.25) is 5.91 Å². The largest absolute Gasteiger partial charge is 0.348 e. The van der Waals surface area contributed by atoms with Crippen molar-refractivity contribution in [1.82, 2.24) is 10.2 Å². The molecule has 0 bridgehead atoms. The van der Waals surface area contributed by atoms with Gasteiger partial charge in [0, 0.05) is 25.7 Å². The Bertz CT molecular complexity index is 382. The topological polar surface area (TPSA) is 32.3 Å². The predicted octanol–water partition coefficient (Wildman–Crippen LogP) is 1.66. The van der Waals surface area contributed by atoms with Crippen molar-refractivity contribution in [3.8, 4) is 0 Å². The molecule has 88 valence electrons. The first-order chi connectivity index (χ1) is 7.50. The Morgan fingerprint density at radius 1 is 1.50 bits per heavy atom. The normalized spacial score (nSPS) is 10.2. The van der Waals surface area contributed by atoms with Gasteiger partial charge in [-0.15, -0.1) is 0 Å². The fraction of sp³-hybridized carbons (Fsp3) is 0.364. The van der Waals surface area contributed by atoms with Crippen LogP contribution < -0.4 is 5.32 Å². The lowest BCUT2D eigenvalue weighted by atomic mass is 10.2. The Morgan fingerprint density at radius 3 is 2.81 bits per heavy atom. The molecule has 0 aromatic heterocycles. The lowest BCUT2D eigenvalue weighted by Gasteiger charge is -2.11. The summed E-state index contributed by atoms with van der Waals surface area (Å²) in [5.74, 6) is -0.368. The summed E-state index contributed by atoms with van der Waals surface area (Å²) >= 11 is 5.87. The Kier molecular flexibility index (Phi) is 4.71. The Labute approximate surface area is 99.2 Å². The average molecular weight is 245 g/mol. The van der Waals surface area contributed by atoms with Crippen molar-refractivity contribution in [2.45, 2.75) is 6.54 Å². The Hall–Kier alpha value is -1.13. The SMILES string of the molecule is CN(C)C(=O)CNCc1cc(F)ccc1Cl. The molecule has 0 unspecified atom stereocenters. The van der Waals surface area contributed by atoms with Gasteiger partial charge in [0.05, 0.1) is 6.54 Å². The van der Waals surface area contributed by atoms with Gasteiger partial charge in [-0.25, -0.2) is 4.39 Å². The van der Waals surface area contributed by atoms with Gasteiger partial charge >= 0.3 is 0 Å². The second-order valence-corrected chi connectivity index (χ2v) is 4.03. The lowest BCUT2D eigenvalue weighted by Crippen LogP contribution is -2.32. The summed E-state index contributed by atoms with van der Waals surface area (Å²) in [7, 11) is 3.36. The van der Waals surface area contributed by atoms with Crippen molar-refractivity contribution in [3.63, 3.8) is 0 Å². The molecule has 0 saturated carbocycles. The smallest absolute Gasteiger partial charge is 0.236 e. The van der Waals surface area contributed by atoms with Gasteiger partial charge in [0.1, 0.15) is 5.82 Å². The second kappa shape index (κ2) is 5.82. The molecule has 0 spiro atoms. The van der Waals surface area contributed by atoms with Crippen molar-refractivity contribution in [3.05, 3.63) is 34.6 Å². The summed E-state index contributed by atoms with van der Waals surface area (Å²) in [5, 5.41) is 3.40. The number of halogens is 2. The van der Waals surface area contributed by atoms with E-state index < -0.39 is 0 Å². The molecule has 0 atom stereocenters. The van der Waals surface area contributed by atoms with Crippen molar-refractivity contribution >= 4 is 17.5 Å². The van der Waals surface area contributed by atoms with Crippen LogP contribution in [0.2, 0.25) is 5.02 Å². The van der Waals surface area contributed by atoms with Crippen molar-refractivity contribution in [2.75, 3.05) is 20.6 Å². The maximum atomic E-state index is 12.9. The molecule has 0 radical (unpaired) electrons. The van der Waals surface area contributed by atoms with E-state index in [0.717, 1.165) is 0 Å². The van der Waals surface area contributed by atoms with Crippen LogP contribution in [0.3, 0.4) is 0 Å². The van der Waals surface area contributed by atoms with E-state index in [2.05, 4.69) is 5.32 Å². The summed E-state index contributed by atoms with van der Waals surface area (Å²) < 4.78 is 12.9. The first-order valence-electron chi connectivity index (χ1n) is 4.85. The lowest BCUT2D eigenvalue weighted by molar-refractivity contribution is -0.127. The van der Waals surface area contributed by atoms with Gasteiger partial charge < -0.3 is 10.2 Å². The third-order valence-corrected chi connectivity index (χ3v) is 2.47. The molecule has 1 amide bonds. The van der Waals surface area contributed by atoms with Crippen LogP contribution in [0.5, 0.6) is 0 Å². The number of rotatable bonds is 4. The van der Waals surface area contributed by atoms with Crippen LogP contribution in [-0.2, 0) is 11.3 Å². The molecule has 0 heterocycles. The number of hydrogen-bond acceptors (Lipinski definition) is 2. The van der Waals surface area contributed by atoms with Gasteiger partial charge in [-0.2, -0.15) is 0 Å². The maximum Gasteiger partial charge on any atom is 0.236 e. The van der Waals surface area contributed by atoms with Crippen LogP contribution in [0.1, 0.15) is 5.56 Å². The van der Waals surface area contributed by atoms with E-state index in [1.54, 1.807) is 14.1 Å².